The first kappa shape index (κ1) is 34.4. The number of aliphatic carboxylic acids is 1. The Kier molecular flexibility index (Phi) is 14.3. The van der Waals surface area contributed by atoms with Crippen molar-refractivity contribution in [2.45, 2.75) is 38.8 Å². The lowest BCUT2D eigenvalue weighted by Crippen LogP contribution is -2.56. The van der Waals surface area contributed by atoms with E-state index in [4.69, 9.17) is 19.4 Å². The second kappa shape index (κ2) is 17.9. The first-order valence-electron chi connectivity index (χ1n) is 13.6. The van der Waals surface area contributed by atoms with Crippen molar-refractivity contribution >= 4 is 36.2 Å². The van der Waals surface area contributed by atoms with E-state index in [1.165, 1.54) is 15.9 Å². The van der Waals surface area contributed by atoms with E-state index in [2.05, 4.69) is 20.6 Å². The quantitative estimate of drug-likeness (QED) is 0.256. The summed E-state index contributed by atoms with van der Waals surface area (Å²) >= 11 is 0. The molecule has 1 aliphatic rings. The van der Waals surface area contributed by atoms with Gasteiger partial charge < -0.3 is 40.1 Å². The van der Waals surface area contributed by atoms with E-state index in [1.54, 1.807) is 14.0 Å². The zero-order chi connectivity index (χ0) is 31.8. The fraction of sp³-hybridized carbons (Fsp3) is 0.464. The number of anilines is 1. The summed E-state index contributed by atoms with van der Waals surface area (Å²) in [6, 6.07) is 9.40. The van der Waals surface area contributed by atoms with Crippen LogP contribution in [0.15, 0.2) is 36.4 Å². The summed E-state index contributed by atoms with van der Waals surface area (Å²) in [5.41, 5.74) is 0.707. The zero-order valence-corrected chi connectivity index (χ0v) is 24.4. The molecule has 0 bridgehead atoms. The summed E-state index contributed by atoms with van der Waals surface area (Å²) < 4.78 is 10.2. The maximum absolute atomic E-state index is 13.4. The van der Waals surface area contributed by atoms with Gasteiger partial charge in [-0.25, -0.2) is 14.8 Å². The number of hydrogen-bond donors (Lipinski definition) is 4. The lowest BCUT2D eigenvalue weighted by Gasteiger charge is -2.35. The van der Waals surface area contributed by atoms with Crippen LogP contribution in [-0.2, 0) is 23.9 Å². The second-order valence-corrected chi connectivity index (χ2v) is 9.40. The van der Waals surface area contributed by atoms with Crippen LogP contribution in [0.3, 0.4) is 0 Å². The van der Waals surface area contributed by atoms with Crippen LogP contribution in [-0.4, -0.2) is 119 Å². The Morgan fingerprint density at radius 3 is 2.28 bits per heavy atom. The van der Waals surface area contributed by atoms with Crippen LogP contribution in [0, 0.1) is 0 Å². The number of benzene rings is 1. The second-order valence-electron chi connectivity index (χ2n) is 9.40. The highest BCUT2D eigenvalue weighted by molar-refractivity contribution is 5.97. The van der Waals surface area contributed by atoms with Crippen molar-refractivity contribution in [2.75, 3.05) is 51.8 Å². The van der Waals surface area contributed by atoms with Gasteiger partial charge in [-0.2, -0.15) is 0 Å². The SMILES string of the molecule is CCOC(=O)N1CCN(C(=O)C(CCC(=O)O)NC(=O)c2cc(N[C@H](C)COC)nc(-c3ccccc3)n2)CC1.O=CO. The van der Waals surface area contributed by atoms with Crippen LogP contribution in [0.5, 0.6) is 0 Å². The number of nitrogens with zero attached hydrogens (tertiary/aromatic N) is 4. The Morgan fingerprint density at radius 1 is 1.07 bits per heavy atom. The average molecular weight is 603 g/mol. The Morgan fingerprint density at radius 2 is 1.70 bits per heavy atom. The Labute approximate surface area is 249 Å². The highest BCUT2D eigenvalue weighted by Gasteiger charge is 2.31. The Hall–Kier alpha value is -4.79. The van der Waals surface area contributed by atoms with Crippen molar-refractivity contribution in [1.82, 2.24) is 25.1 Å². The standard InChI is InChI=1S/C27H36N6O7.CH2O2/c1-4-40-27(38)33-14-12-32(13-15-33)26(37)20(10-11-23(34)35)30-25(36)21-16-22(28-18(2)17-39-3)31-24(29-21)19-8-6-5-7-9-19;2-1-3/h5-9,16,18,20H,4,10-15,17H2,1-3H3,(H,30,36)(H,34,35)(H,28,29,31);1H,(H,2,3)/t18-,20?;/m1./s1. The van der Waals surface area contributed by atoms with Gasteiger partial charge in [0.05, 0.1) is 13.2 Å². The fourth-order valence-electron chi connectivity index (χ4n) is 4.20. The molecule has 3 amide bonds. The number of piperazine rings is 1. The molecule has 1 aliphatic heterocycles. The molecule has 1 aromatic heterocycles. The molecule has 2 heterocycles. The van der Waals surface area contributed by atoms with E-state index < -0.39 is 29.9 Å². The van der Waals surface area contributed by atoms with E-state index in [-0.39, 0.29) is 63.8 Å². The highest BCUT2D eigenvalue weighted by Crippen LogP contribution is 2.19. The summed E-state index contributed by atoms with van der Waals surface area (Å²) in [5, 5.41) is 22.0. The van der Waals surface area contributed by atoms with Crippen molar-refractivity contribution in [3.8, 4) is 11.4 Å². The lowest BCUT2D eigenvalue weighted by atomic mass is 10.1. The van der Waals surface area contributed by atoms with Crippen LogP contribution in [0.2, 0.25) is 0 Å². The largest absolute Gasteiger partial charge is 0.483 e. The minimum Gasteiger partial charge on any atom is -0.483 e. The predicted molar refractivity (Wildman–Crippen MR) is 154 cm³/mol. The van der Waals surface area contributed by atoms with Crippen LogP contribution < -0.4 is 10.6 Å². The molecule has 1 saturated heterocycles. The zero-order valence-electron chi connectivity index (χ0n) is 24.4. The first-order chi connectivity index (χ1) is 20.6. The number of carbonyl (C=O) groups excluding carboxylic acids is 3. The maximum atomic E-state index is 13.4. The molecule has 3 rings (SSSR count). The van der Waals surface area contributed by atoms with E-state index >= 15 is 0 Å². The van der Waals surface area contributed by atoms with Crippen molar-refractivity contribution in [2.24, 2.45) is 0 Å². The number of carboxylic acid groups (broad SMARTS) is 2. The summed E-state index contributed by atoms with van der Waals surface area (Å²) in [7, 11) is 1.58. The number of ether oxygens (including phenoxy) is 2. The number of hydrogen-bond acceptors (Lipinski definition) is 10. The Bertz CT molecular complexity index is 1220. The van der Waals surface area contributed by atoms with E-state index in [0.717, 1.165) is 0 Å². The molecule has 1 fully saturated rings. The lowest BCUT2D eigenvalue weighted by molar-refractivity contribution is -0.138. The molecular weight excluding hydrogens is 564 g/mol. The molecule has 0 saturated carbocycles. The summed E-state index contributed by atoms with van der Waals surface area (Å²) in [6.45, 7) is 5.02. The molecular formula is C28H38N6O9. The minimum absolute atomic E-state index is 0.0150. The van der Waals surface area contributed by atoms with Gasteiger partial charge in [-0.15, -0.1) is 0 Å². The van der Waals surface area contributed by atoms with Crippen LogP contribution in [0.25, 0.3) is 11.4 Å². The predicted octanol–water partition coefficient (Wildman–Crippen LogP) is 1.56. The van der Waals surface area contributed by atoms with E-state index in [1.807, 2.05) is 37.3 Å². The van der Waals surface area contributed by atoms with Crippen molar-refractivity contribution in [3.05, 3.63) is 42.1 Å². The number of methoxy groups -OCH3 is 1. The fourth-order valence-corrected chi connectivity index (χ4v) is 4.20. The van der Waals surface area contributed by atoms with Gasteiger partial charge in [-0.1, -0.05) is 30.3 Å². The molecule has 2 atom stereocenters. The molecule has 2 aromatic rings. The number of amides is 3. The molecule has 15 nitrogen and oxygen atoms in total. The number of carbonyl (C=O) groups is 5. The molecule has 15 heteroatoms. The topological polar surface area (TPSA) is 201 Å². The third kappa shape index (κ3) is 11.2. The van der Waals surface area contributed by atoms with E-state index in [0.29, 0.717) is 23.8 Å². The molecule has 1 aromatic carbocycles. The van der Waals surface area contributed by atoms with E-state index in [9.17, 15) is 24.3 Å². The molecule has 234 valence electrons. The third-order valence-electron chi connectivity index (χ3n) is 6.17. The molecule has 0 radical (unpaired) electrons. The number of aromatic nitrogens is 2. The maximum Gasteiger partial charge on any atom is 0.409 e. The van der Waals surface area contributed by atoms with Crippen molar-refractivity contribution in [1.29, 1.82) is 0 Å². The van der Waals surface area contributed by atoms with Crippen molar-refractivity contribution < 1.29 is 43.7 Å². The monoisotopic (exact) mass is 602 g/mol. The third-order valence-corrected chi connectivity index (χ3v) is 6.17. The van der Waals surface area contributed by atoms with Gasteiger partial charge in [0.2, 0.25) is 5.91 Å². The summed E-state index contributed by atoms with van der Waals surface area (Å²) in [5.74, 6) is -1.46. The highest BCUT2D eigenvalue weighted by atomic mass is 16.6. The average Bonchev–Trinajstić information content (AvgIpc) is 2.99. The number of carboxylic acids is 1. The van der Waals surface area contributed by atoms with Gasteiger partial charge in [-0.3, -0.25) is 19.2 Å². The van der Waals surface area contributed by atoms with Gasteiger partial charge in [-0.05, 0) is 20.3 Å². The van der Waals surface area contributed by atoms with Crippen molar-refractivity contribution in [3.63, 3.8) is 0 Å². The van der Waals surface area contributed by atoms with Crippen LogP contribution in [0.4, 0.5) is 10.6 Å². The smallest absolute Gasteiger partial charge is 0.409 e. The molecule has 43 heavy (non-hydrogen) atoms. The molecule has 0 aliphatic carbocycles. The van der Waals surface area contributed by atoms with Crippen LogP contribution >= 0.6 is 0 Å². The van der Waals surface area contributed by atoms with Gasteiger partial charge in [0.1, 0.15) is 17.6 Å². The minimum atomic E-state index is -1.10. The van der Waals surface area contributed by atoms with Gasteiger partial charge in [0, 0.05) is 57.4 Å². The number of nitrogens with one attached hydrogen (secondary N) is 2. The first-order valence-corrected chi connectivity index (χ1v) is 13.6. The van der Waals surface area contributed by atoms with Gasteiger partial charge in [0.25, 0.3) is 12.4 Å². The number of rotatable bonds is 12. The van der Waals surface area contributed by atoms with Gasteiger partial charge >= 0.3 is 12.1 Å². The Balaban J connectivity index is 0.00000206. The summed E-state index contributed by atoms with van der Waals surface area (Å²) in [4.78, 5) is 70.4. The molecule has 1 unspecified atom stereocenters. The molecule has 4 N–H and O–H groups in total. The summed E-state index contributed by atoms with van der Waals surface area (Å²) in [6.07, 6.45) is -0.877. The van der Waals surface area contributed by atoms with Gasteiger partial charge in [0.15, 0.2) is 5.82 Å². The molecule has 0 spiro atoms. The normalized spacial score (nSPS) is 13.9. The van der Waals surface area contributed by atoms with Crippen LogP contribution in [0.1, 0.15) is 37.2 Å².